The topological polar surface area (TPSA) is 231 Å². The third-order valence-electron chi connectivity index (χ3n) is 15.0. The lowest BCUT2D eigenvalue weighted by atomic mass is 9.85. The molecule has 4 unspecified atom stereocenters. The summed E-state index contributed by atoms with van der Waals surface area (Å²) in [6.45, 7) is 16.2. The number of piperazine rings is 1. The Balaban J connectivity index is 0.730. The fourth-order valence-corrected chi connectivity index (χ4v) is 11.3. The van der Waals surface area contributed by atoms with Crippen LogP contribution in [0.1, 0.15) is 96.7 Å². The van der Waals surface area contributed by atoms with E-state index in [0.717, 1.165) is 65.1 Å². The summed E-state index contributed by atoms with van der Waals surface area (Å²) in [4.78, 5) is 102. The number of aromatic nitrogens is 1. The van der Waals surface area contributed by atoms with Crippen LogP contribution in [-0.2, 0) is 35.3 Å². The van der Waals surface area contributed by atoms with Crippen molar-refractivity contribution in [1.29, 1.82) is 0 Å². The minimum Gasteiger partial charge on any atom is -0.494 e. The number of carbonyl (C=O) groups excluding carboxylic acids is 6. The Labute approximate surface area is 472 Å². The zero-order chi connectivity index (χ0) is 57.1. The van der Waals surface area contributed by atoms with Crippen LogP contribution in [0.3, 0.4) is 0 Å². The molecular formula is C60H75N11O8S. The number of nitrogens with one attached hydrogen (secondary N) is 4. The van der Waals surface area contributed by atoms with E-state index in [4.69, 9.17) is 14.7 Å². The maximum atomic E-state index is 14.1. The summed E-state index contributed by atoms with van der Waals surface area (Å²) < 4.78 is 5.82. The second-order valence-electron chi connectivity index (χ2n) is 21.9. The van der Waals surface area contributed by atoms with E-state index in [2.05, 4.69) is 37.7 Å². The quantitative estimate of drug-likeness (QED) is 0.0403. The van der Waals surface area contributed by atoms with Crippen LogP contribution in [-0.4, -0.2) is 132 Å². The number of aliphatic hydroxyl groups excluding tert-OH is 1. The zero-order valence-corrected chi connectivity index (χ0v) is 47.6. The van der Waals surface area contributed by atoms with Crippen LogP contribution >= 0.6 is 11.3 Å². The number of ether oxygens (including phenoxy) is 1. The molecule has 80 heavy (non-hydrogen) atoms. The molecule has 0 bridgehead atoms. The van der Waals surface area contributed by atoms with Gasteiger partial charge in [-0.25, -0.2) is 9.98 Å². The van der Waals surface area contributed by atoms with Crippen molar-refractivity contribution in [2.24, 2.45) is 21.3 Å². The molecule has 4 aliphatic rings. The van der Waals surface area contributed by atoms with Crippen LogP contribution in [0.25, 0.3) is 10.4 Å². The Kier molecular flexibility index (Phi) is 19.4. The number of hydrogen-bond donors (Lipinski definition) is 5. The fourth-order valence-electron chi connectivity index (χ4n) is 10.5. The van der Waals surface area contributed by atoms with Gasteiger partial charge in [0.05, 0.1) is 53.1 Å². The Morgan fingerprint density at radius 3 is 2.33 bits per heavy atom. The number of hydrogen-bond acceptors (Lipinski definition) is 14. The number of likely N-dealkylation sites (tertiary alicyclic amines) is 1. The summed E-state index contributed by atoms with van der Waals surface area (Å²) in [5.74, 6) is -0.187. The van der Waals surface area contributed by atoms with Crippen LogP contribution in [0.5, 0.6) is 5.75 Å². The van der Waals surface area contributed by atoms with Gasteiger partial charge in [0.1, 0.15) is 23.7 Å². The molecule has 3 aromatic carbocycles. The maximum absolute atomic E-state index is 14.1. The van der Waals surface area contributed by atoms with Gasteiger partial charge in [-0.1, -0.05) is 88.9 Å². The average Bonchev–Trinajstić information content (AvgIpc) is 4.09. The number of carbonyl (C=O) groups is 6. The van der Waals surface area contributed by atoms with Crippen LogP contribution in [0.15, 0.2) is 107 Å². The number of β-amino-alcohol motifs (C(OH)–C–C–N with tert-alkyl or cyclic N) is 1. The third kappa shape index (κ3) is 14.6. The maximum Gasteiger partial charge on any atom is 0.256 e. The number of amides is 6. The zero-order valence-electron chi connectivity index (χ0n) is 46.8. The number of benzene rings is 3. The first-order chi connectivity index (χ1) is 38.4. The average molecular weight is 1110 g/mol. The molecule has 6 amide bonds. The second-order valence-corrected chi connectivity index (χ2v) is 22.8. The smallest absolute Gasteiger partial charge is 0.256 e. The number of aliphatic hydroxyl groups is 1. The lowest BCUT2D eigenvalue weighted by molar-refractivity contribution is -0.144. The molecule has 0 saturated carbocycles. The van der Waals surface area contributed by atoms with Crippen LogP contribution in [0, 0.1) is 18.3 Å². The molecule has 2 saturated heterocycles. The van der Waals surface area contributed by atoms with Crippen molar-refractivity contribution in [2.75, 3.05) is 66.8 Å². The van der Waals surface area contributed by atoms with Crippen molar-refractivity contribution in [3.63, 3.8) is 0 Å². The largest absolute Gasteiger partial charge is 0.494 e. The summed E-state index contributed by atoms with van der Waals surface area (Å²) in [5, 5.41) is 22.6. The molecule has 4 aliphatic heterocycles. The molecule has 0 radical (unpaired) electrons. The number of aliphatic imine (C=N–C) groups is 2. The van der Waals surface area contributed by atoms with E-state index in [9.17, 15) is 33.9 Å². The van der Waals surface area contributed by atoms with Gasteiger partial charge < -0.3 is 45.8 Å². The van der Waals surface area contributed by atoms with Gasteiger partial charge >= 0.3 is 0 Å². The van der Waals surface area contributed by atoms with Gasteiger partial charge in [0.2, 0.25) is 35.5 Å². The summed E-state index contributed by atoms with van der Waals surface area (Å²) in [6.07, 6.45) is 7.85. The Hall–Kier alpha value is -7.71. The standard InChI is InChI=1S/C60H75N11O8S/c1-8-50(73)64-42-16-15-17-44(31-42)71-53(76)30-38(2)46-35-62-59(67-56(46)71)65-47-25-24-43(32-49(47)79-7)68-26-28-69(29-27-68)52(75)19-14-12-10-9-11-13-18-51(74)66-55(60(4,5)6)58(78)70-36-45(72)33-48(70)57(77)61-34-40-20-22-41(23-21-40)54-39(3)63-37-80-54/h8,15-17,20-25,30-32,37,45-46,48,55,72H,1,9-14,18-19,26-29,33-36H2,2-7H3,(H,61,77)(H,62,65)(H,64,73)(H,66,74). The number of guanidine groups is 1. The highest BCUT2D eigenvalue weighted by Crippen LogP contribution is 2.35. The molecule has 424 valence electrons. The van der Waals surface area contributed by atoms with Gasteiger partial charge in [-0.05, 0) is 79.6 Å². The predicted molar refractivity (Wildman–Crippen MR) is 314 cm³/mol. The van der Waals surface area contributed by atoms with Crippen molar-refractivity contribution in [1.82, 2.24) is 25.4 Å². The molecule has 4 aromatic rings. The minimum absolute atomic E-state index is 0.0124. The number of thiazole rings is 1. The molecule has 5 heterocycles. The molecule has 20 heteroatoms. The first-order valence-electron chi connectivity index (χ1n) is 27.6. The lowest BCUT2D eigenvalue weighted by Crippen LogP contribution is -2.57. The third-order valence-corrected chi connectivity index (χ3v) is 16.0. The van der Waals surface area contributed by atoms with Crippen LogP contribution in [0.2, 0.25) is 0 Å². The van der Waals surface area contributed by atoms with Crippen molar-refractivity contribution in [3.8, 4) is 16.2 Å². The molecule has 2 fully saturated rings. The highest BCUT2D eigenvalue weighted by Gasteiger charge is 2.44. The van der Waals surface area contributed by atoms with Crippen molar-refractivity contribution < 1.29 is 38.6 Å². The molecule has 5 N–H and O–H groups in total. The van der Waals surface area contributed by atoms with Gasteiger partial charge in [-0.2, -0.15) is 4.99 Å². The lowest BCUT2D eigenvalue weighted by Gasteiger charge is -2.36. The number of fused-ring (bicyclic) bond motifs is 1. The first kappa shape index (κ1) is 58.4. The Morgan fingerprint density at radius 2 is 1.64 bits per heavy atom. The van der Waals surface area contributed by atoms with Crippen molar-refractivity contribution in [3.05, 3.63) is 108 Å². The summed E-state index contributed by atoms with van der Waals surface area (Å²) in [5.41, 5.74) is 7.64. The van der Waals surface area contributed by atoms with Gasteiger partial charge in [0.25, 0.3) is 5.91 Å². The predicted octanol–water partition coefficient (Wildman–Crippen LogP) is 7.62. The Bertz CT molecular complexity index is 3030. The molecule has 19 nitrogen and oxygen atoms in total. The van der Waals surface area contributed by atoms with Crippen molar-refractivity contribution in [2.45, 2.75) is 117 Å². The molecule has 0 aliphatic carbocycles. The van der Waals surface area contributed by atoms with E-state index in [1.54, 1.807) is 53.7 Å². The number of unbranched alkanes of at least 4 members (excludes halogenated alkanes) is 5. The number of nitrogens with zero attached hydrogens (tertiary/aromatic N) is 7. The van der Waals surface area contributed by atoms with Crippen molar-refractivity contribution >= 4 is 81.3 Å². The fraction of sp³-hybridized carbons (Fsp3) is 0.450. The molecular weight excluding hydrogens is 1030 g/mol. The first-order valence-corrected chi connectivity index (χ1v) is 28.5. The molecule has 0 spiro atoms. The number of aryl methyl sites for hydroxylation is 1. The monoisotopic (exact) mass is 1110 g/mol. The molecule has 4 atom stereocenters. The summed E-state index contributed by atoms with van der Waals surface area (Å²) in [6, 6.07) is 19.0. The van der Waals surface area contributed by atoms with E-state index in [1.165, 1.54) is 11.0 Å². The highest BCUT2D eigenvalue weighted by atomic mass is 32.1. The van der Waals surface area contributed by atoms with E-state index in [-0.39, 0.29) is 67.3 Å². The van der Waals surface area contributed by atoms with Crippen LogP contribution in [0.4, 0.5) is 22.7 Å². The molecule has 1 aromatic heterocycles. The van der Waals surface area contributed by atoms with E-state index in [0.29, 0.717) is 80.2 Å². The SMILES string of the molecule is C=CC(=O)Nc1cccc(N2C(=O)C=C(C)C3CN=C(Nc4ccc(N5CCN(C(=O)CCCCCCCCC(=O)NC(C(=O)N6CC(O)CC6C(=O)NCc6ccc(-c7scnc7C)cc6)C(C)(C)C)CC5)cc4OC)N=C32)c1. The molecule has 8 rings (SSSR count). The van der Waals surface area contributed by atoms with Gasteiger partial charge in [-0.3, -0.25) is 33.7 Å². The van der Waals surface area contributed by atoms with Gasteiger partial charge in [0, 0.05) is 82.0 Å². The second kappa shape index (κ2) is 26.5. The summed E-state index contributed by atoms with van der Waals surface area (Å²) >= 11 is 1.58. The number of amidine groups is 1. The Morgan fingerprint density at radius 1 is 0.912 bits per heavy atom. The van der Waals surface area contributed by atoms with E-state index < -0.39 is 23.6 Å². The number of anilines is 4. The number of rotatable bonds is 21. The number of methoxy groups -OCH3 is 1. The minimum atomic E-state index is -0.882. The summed E-state index contributed by atoms with van der Waals surface area (Å²) in [7, 11) is 1.60. The normalized spacial score (nSPS) is 18.6. The van der Waals surface area contributed by atoms with Gasteiger partial charge in [0.15, 0.2) is 0 Å². The van der Waals surface area contributed by atoms with E-state index in [1.807, 2.05) is 87.5 Å². The van der Waals surface area contributed by atoms with Crippen LogP contribution < -0.4 is 35.8 Å². The highest BCUT2D eigenvalue weighted by molar-refractivity contribution is 7.13. The van der Waals surface area contributed by atoms with Gasteiger partial charge in [-0.15, -0.1) is 11.3 Å². The van der Waals surface area contributed by atoms with E-state index >= 15 is 0 Å².